The van der Waals surface area contributed by atoms with Crippen LogP contribution < -0.4 is 16.6 Å². The van der Waals surface area contributed by atoms with Crippen molar-refractivity contribution in [2.75, 3.05) is 26.7 Å². The molecule has 0 aliphatic carbocycles. The van der Waals surface area contributed by atoms with Crippen LogP contribution in [0.25, 0.3) is 22.5 Å². The van der Waals surface area contributed by atoms with Gasteiger partial charge in [0.1, 0.15) is 5.65 Å². The topological polar surface area (TPSA) is 122 Å². The van der Waals surface area contributed by atoms with Crippen molar-refractivity contribution < 1.29 is 4.52 Å². The van der Waals surface area contributed by atoms with Crippen molar-refractivity contribution in [1.82, 2.24) is 34.9 Å². The lowest BCUT2D eigenvalue weighted by atomic mass is 10.2. The van der Waals surface area contributed by atoms with Crippen LogP contribution in [0.15, 0.2) is 26.4 Å². The average Bonchev–Trinajstić information content (AvgIpc) is 3.09. The van der Waals surface area contributed by atoms with E-state index >= 15 is 0 Å². The maximum atomic E-state index is 12.0. The maximum Gasteiger partial charge on any atom is 0.329 e. The lowest BCUT2D eigenvalue weighted by Crippen LogP contribution is -2.44. The van der Waals surface area contributed by atoms with Gasteiger partial charge in [0.2, 0.25) is 0 Å². The zero-order valence-corrected chi connectivity index (χ0v) is 15.0. The number of nitrogens with zero attached hydrogens (tertiary/aromatic N) is 5. The van der Waals surface area contributed by atoms with Gasteiger partial charge in [0, 0.05) is 32.9 Å². The molecule has 2 N–H and O–H groups in total. The molecule has 138 valence electrons. The van der Waals surface area contributed by atoms with Crippen molar-refractivity contribution in [3.05, 3.63) is 38.9 Å². The summed E-state index contributed by atoms with van der Waals surface area (Å²) in [5, 5.41) is 7.65. The van der Waals surface area contributed by atoms with Crippen LogP contribution >= 0.6 is 12.4 Å². The Morgan fingerprint density at radius 3 is 2.88 bits per heavy atom. The molecule has 26 heavy (non-hydrogen) atoms. The molecule has 0 spiro atoms. The highest BCUT2D eigenvalue weighted by atomic mass is 35.5. The van der Waals surface area contributed by atoms with E-state index in [9.17, 15) is 9.59 Å². The van der Waals surface area contributed by atoms with Crippen LogP contribution in [-0.2, 0) is 7.05 Å². The first-order valence-corrected chi connectivity index (χ1v) is 7.88. The number of H-pyrrole nitrogens is 1. The van der Waals surface area contributed by atoms with E-state index in [2.05, 4.69) is 30.3 Å². The van der Waals surface area contributed by atoms with Gasteiger partial charge in [-0.25, -0.2) is 9.78 Å². The molecule has 1 aliphatic heterocycles. The van der Waals surface area contributed by atoms with Gasteiger partial charge in [0.15, 0.2) is 5.82 Å². The van der Waals surface area contributed by atoms with Crippen molar-refractivity contribution in [3.8, 4) is 11.5 Å². The van der Waals surface area contributed by atoms with E-state index in [0.29, 0.717) is 17.0 Å². The van der Waals surface area contributed by atoms with Crippen LogP contribution in [0.2, 0.25) is 0 Å². The molecule has 0 bridgehead atoms. The van der Waals surface area contributed by atoms with Crippen LogP contribution in [0, 0.1) is 0 Å². The second kappa shape index (κ2) is 6.98. The number of likely N-dealkylation sites (N-methyl/N-ethyl adjacent to an activating group) is 1. The lowest BCUT2D eigenvalue weighted by molar-refractivity contribution is 0.190. The molecule has 11 heteroatoms. The van der Waals surface area contributed by atoms with E-state index in [1.165, 1.54) is 10.8 Å². The Labute approximate surface area is 153 Å². The van der Waals surface area contributed by atoms with E-state index in [0.717, 1.165) is 19.6 Å². The van der Waals surface area contributed by atoms with Gasteiger partial charge in [-0.3, -0.25) is 19.2 Å². The highest BCUT2D eigenvalue weighted by Gasteiger charge is 2.25. The van der Waals surface area contributed by atoms with Gasteiger partial charge >= 0.3 is 5.69 Å². The van der Waals surface area contributed by atoms with Crippen molar-refractivity contribution in [2.24, 2.45) is 7.05 Å². The molecular formula is C15H18ClN7O3. The summed E-state index contributed by atoms with van der Waals surface area (Å²) in [6.07, 6.45) is 1.52. The highest BCUT2D eigenvalue weighted by Crippen LogP contribution is 2.23. The number of halogens is 1. The van der Waals surface area contributed by atoms with Gasteiger partial charge in [0.25, 0.3) is 11.4 Å². The van der Waals surface area contributed by atoms with Gasteiger partial charge in [-0.15, -0.1) is 12.4 Å². The van der Waals surface area contributed by atoms with E-state index in [1.807, 2.05) is 7.05 Å². The molecule has 0 aromatic carbocycles. The van der Waals surface area contributed by atoms with Gasteiger partial charge < -0.3 is 9.84 Å². The third-order valence-corrected chi connectivity index (χ3v) is 4.45. The number of aromatic nitrogens is 5. The number of fused-ring (bicyclic) bond motifs is 1. The first kappa shape index (κ1) is 18.2. The SMILES string of the molecule is CN1CCNCC1c1noc(-c2cnc3c(c2)c(=O)[nH]c(=O)n3C)n1.Cl. The fourth-order valence-electron chi connectivity index (χ4n) is 2.94. The Balaban J connectivity index is 0.00000196. The minimum Gasteiger partial charge on any atom is -0.334 e. The van der Waals surface area contributed by atoms with Crippen LogP contribution in [0.5, 0.6) is 0 Å². The standard InChI is InChI=1S/C15H17N7O3.ClH/c1-21-4-3-16-7-10(21)11-18-14(25-20-11)8-5-9-12(17-6-8)22(2)15(24)19-13(9)23;/h5-6,10,16H,3-4,7H2,1-2H3,(H,19,23,24);1H. The minimum atomic E-state index is -0.509. The molecule has 1 fully saturated rings. The zero-order chi connectivity index (χ0) is 17.6. The average molecular weight is 380 g/mol. The van der Waals surface area contributed by atoms with Gasteiger partial charge in [-0.1, -0.05) is 5.16 Å². The van der Waals surface area contributed by atoms with E-state index in [4.69, 9.17) is 4.52 Å². The highest BCUT2D eigenvalue weighted by molar-refractivity contribution is 5.85. The third kappa shape index (κ3) is 3.02. The first-order chi connectivity index (χ1) is 12.0. The number of piperazine rings is 1. The predicted molar refractivity (Wildman–Crippen MR) is 96.4 cm³/mol. The molecule has 0 amide bonds. The molecule has 10 nitrogen and oxygen atoms in total. The predicted octanol–water partition coefficient (Wildman–Crippen LogP) is -0.330. The maximum absolute atomic E-state index is 12.0. The lowest BCUT2D eigenvalue weighted by Gasteiger charge is -2.30. The van der Waals surface area contributed by atoms with Crippen LogP contribution in [0.3, 0.4) is 0 Å². The minimum absolute atomic E-state index is 0. The summed E-state index contributed by atoms with van der Waals surface area (Å²) >= 11 is 0. The molecule has 0 saturated carbocycles. The van der Waals surface area contributed by atoms with Crippen molar-refractivity contribution in [3.63, 3.8) is 0 Å². The number of nitrogens with one attached hydrogen (secondary N) is 2. The molecule has 3 aromatic heterocycles. The van der Waals surface area contributed by atoms with Crippen LogP contribution in [-0.4, -0.2) is 56.3 Å². The molecular weight excluding hydrogens is 362 g/mol. The van der Waals surface area contributed by atoms with Crippen molar-refractivity contribution in [2.45, 2.75) is 6.04 Å². The summed E-state index contributed by atoms with van der Waals surface area (Å²) in [5.41, 5.74) is -0.177. The van der Waals surface area contributed by atoms with Gasteiger partial charge in [-0.05, 0) is 13.1 Å². The Kier molecular flexibility index (Phi) is 4.90. The van der Waals surface area contributed by atoms with Gasteiger partial charge in [-0.2, -0.15) is 4.98 Å². The normalized spacial score (nSPS) is 18.0. The summed E-state index contributed by atoms with van der Waals surface area (Å²) in [6, 6.07) is 1.63. The van der Waals surface area contributed by atoms with E-state index in [1.54, 1.807) is 13.1 Å². The Hall–Kier alpha value is -2.56. The molecule has 4 rings (SSSR count). The fourth-order valence-corrected chi connectivity index (χ4v) is 2.94. The summed E-state index contributed by atoms with van der Waals surface area (Å²) in [4.78, 5) is 36.7. The second-order valence-corrected chi connectivity index (χ2v) is 6.07. The number of hydrogen-bond acceptors (Lipinski definition) is 8. The largest absolute Gasteiger partial charge is 0.334 e. The monoisotopic (exact) mass is 379 g/mol. The Bertz CT molecular complexity index is 1060. The van der Waals surface area contributed by atoms with Crippen LogP contribution in [0.4, 0.5) is 0 Å². The molecule has 3 aromatic rings. The number of aryl methyl sites for hydroxylation is 1. The number of hydrogen-bond donors (Lipinski definition) is 2. The smallest absolute Gasteiger partial charge is 0.329 e. The number of pyridine rings is 1. The molecule has 1 atom stereocenters. The second-order valence-electron chi connectivity index (χ2n) is 6.07. The molecule has 1 unspecified atom stereocenters. The van der Waals surface area contributed by atoms with E-state index in [-0.39, 0.29) is 29.7 Å². The summed E-state index contributed by atoms with van der Waals surface area (Å²) in [6.45, 7) is 2.57. The summed E-state index contributed by atoms with van der Waals surface area (Å²) < 4.78 is 6.64. The zero-order valence-electron chi connectivity index (χ0n) is 14.2. The van der Waals surface area contributed by atoms with Gasteiger partial charge in [0.05, 0.1) is 17.0 Å². The van der Waals surface area contributed by atoms with E-state index < -0.39 is 11.2 Å². The third-order valence-electron chi connectivity index (χ3n) is 4.45. The molecule has 1 saturated heterocycles. The molecule has 1 aliphatic rings. The quantitative estimate of drug-likeness (QED) is 0.620. The Morgan fingerprint density at radius 2 is 2.12 bits per heavy atom. The van der Waals surface area contributed by atoms with Crippen molar-refractivity contribution >= 4 is 23.4 Å². The molecule has 0 radical (unpaired) electrons. The number of rotatable bonds is 2. The van der Waals surface area contributed by atoms with Crippen LogP contribution in [0.1, 0.15) is 11.9 Å². The summed E-state index contributed by atoms with van der Waals surface area (Å²) in [5.74, 6) is 0.871. The first-order valence-electron chi connectivity index (χ1n) is 7.88. The van der Waals surface area contributed by atoms with Crippen molar-refractivity contribution in [1.29, 1.82) is 0 Å². The molecule has 4 heterocycles. The summed E-state index contributed by atoms with van der Waals surface area (Å²) in [7, 11) is 3.56. The number of aromatic amines is 1. The Morgan fingerprint density at radius 1 is 1.31 bits per heavy atom. The fraction of sp³-hybridized carbons (Fsp3) is 0.400.